The minimum Gasteiger partial charge on any atom is -0.294 e. The van der Waals surface area contributed by atoms with Gasteiger partial charge in [-0.1, -0.05) is 23.7 Å². The Kier molecular flexibility index (Phi) is 2.33. The van der Waals surface area contributed by atoms with Gasteiger partial charge >= 0.3 is 0 Å². The fourth-order valence-electron chi connectivity index (χ4n) is 1.40. The summed E-state index contributed by atoms with van der Waals surface area (Å²) >= 11 is 7.56. The number of hydrogen-bond donors (Lipinski definition) is 0. The van der Waals surface area contributed by atoms with E-state index in [4.69, 9.17) is 11.6 Å². The molecule has 0 saturated heterocycles. The van der Waals surface area contributed by atoms with Crippen LogP contribution < -0.4 is 0 Å². The molecule has 0 bridgehead atoms. The summed E-state index contributed by atoms with van der Waals surface area (Å²) in [6.45, 7) is 3.57. The van der Waals surface area contributed by atoms with Gasteiger partial charge in [-0.3, -0.25) is 4.79 Å². The molecule has 1 nitrogen and oxygen atoms in total. The fourth-order valence-corrected chi connectivity index (χ4v) is 2.96. The molecule has 0 atom stereocenters. The van der Waals surface area contributed by atoms with E-state index < -0.39 is 0 Å². The average Bonchev–Trinajstić information content (AvgIpc) is 2.43. The van der Waals surface area contributed by atoms with Crippen LogP contribution in [0.25, 0.3) is 10.1 Å². The molecule has 0 aliphatic rings. The summed E-state index contributed by atoms with van der Waals surface area (Å²) in [6.07, 6.45) is 0. The van der Waals surface area contributed by atoms with Gasteiger partial charge in [-0.2, -0.15) is 0 Å². The van der Waals surface area contributed by atoms with E-state index in [-0.39, 0.29) is 5.78 Å². The molecule has 0 spiro atoms. The van der Waals surface area contributed by atoms with Gasteiger partial charge in [0.15, 0.2) is 5.78 Å². The lowest BCUT2D eigenvalue weighted by molar-refractivity contribution is 0.102. The molecule has 0 aliphatic heterocycles. The summed E-state index contributed by atoms with van der Waals surface area (Å²) in [4.78, 5) is 11.9. The molecule has 0 radical (unpaired) electrons. The van der Waals surface area contributed by atoms with Gasteiger partial charge < -0.3 is 0 Å². The third-order valence-corrected chi connectivity index (χ3v) is 3.86. The number of carbonyl (C=O) groups excluding carboxylic acids is 1. The van der Waals surface area contributed by atoms with Crippen LogP contribution in [0.4, 0.5) is 0 Å². The van der Waals surface area contributed by atoms with E-state index >= 15 is 0 Å². The highest BCUT2D eigenvalue weighted by Crippen LogP contribution is 2.35. The second-order valence-corrected chi connectivity index (χ2v) is 4.73. The summed E-state index contributed by atoms with van der Waals surface area (Å²) in [5, 5.41) is 1.57. The number of rotatable bonds is 1. The molecule has 0 unspecified atom stereocenters. The fraction of sp³-hybridized carbons (Fsp3) is 0.182. The maximum absolute atomic E-state index is 11.2. The quantitative estimate of drug-likeness (QED) is 0.668. The van der Waals surface area contributed by atoms with E-state index in [1.807, 2.05) is 19.1 Å². The van der Waals surface area contributed by atoms with Crippen molar-refractivity contribution in [2.75, 3.05) is 0 Å². The number of aryl methyl sites for hydroxylation is 1. The number of hydrogen-bond acceptors (Lipinski definition) is 2. The van der Waals surface area contributed by atoms with E-state index in [1.165, 1.54) is 16.9 Å². The standard InChI is InChI=1S/C11H9ClOS/c1-6-3-4-8-9(5-6)14-11(7(2)13)10(8)12/h3-5H,1-2H3. The Morgan fingerprint density at radius 2 is 2.14 bits per heavy atom. The molecule has 2 rings (SSSR count). The van der Waals surface area contributed by atoms with Crippen LogP contribution in [-0.2, 0) is 0 Å². The average molecular weight is 225 g/mol. The minimum atomic E-state index is 0.0360. The first kappa shape index (κ1) is 9.69. The number of benzene rings is 1. The van der Waals surface area contributed by atoms with Crippen molar-refractivity contribution in [2.24, 2.45) is 0 Å². The van der Waals surface area contributed by atoms with Crippen LogP contribution in [0.15, 0.2) is 18.2 Å². The number of ketones is 1. The predicted octanol–water partition coefficient (Wildman–Crippen LogP) is 4.07. The Balaban J connectivity index is 2.79. The highest BCUT2D eigenvalue weighted by Gasteiger charge is 2.13. The molecule has 3 heteroatoms. The molecule has 1 heterocycles. The molecule has 1 aromatic carbocycles. The zero-order valence-electron chi connectivity index (χ0n) is 7.93. The molecule has 14 heavy (non-hydrogen) atoms. The Morgan fingerprint density at radius 1 is 1.43 bits per heavy atom. The van der Waals surface area contributed by atoms with Crippen molar-refractivity contribution < 1.29 is 4.79 Å². The highest BCUT2D eigenvalue weighted by molar-refractivity contribution is 7.21. The van der Waals surface area contributed by atoms with Gasteiger partial charge in [-0.05, 0) is 18.6 Å². The van der Waals surface area contributed by atoms with E-state index in [2.05, 4.69) is 6.07 Å². The van der Waals surface area contributed by atoms with E-state index in [0.717, 1.165) is 10.1 Å². The zero-order valence-corrected chi connectivity index (χ0v) is 9.50. The van der Waals surface area contributed by atoms with Crippen LogP contribution >= 0.6 is 22.9 Å². The Hall–Kier alpha value is -0.860. The molecule has 1 aromatic heterocycles. The van der Waals surface area contributed by atoms with Crippen molar-refractivity contribution in [3.63, 3.8) is 0 Å². The number of thiophene rings is 1. The maximum atomic E-state index is 11.2. The van der Waals surface area contributed by atoms with Gasteiger partial charge in [-0.15, -0.1) is 11.3 Å². The Morgan fingerprint density at radius 3 is 2.79 bits per heavy atom. The smallest absolute Gasteiger partial charge is 0.171 e. The number of halogens is 1. The van der Waals surface area contributed by atoms with Crippen LogP contribution in [-0.4, -0.2) is 5.78 Å². The Bertz CT molecular complexity index is 513. The molecule has 0 fully saturated rings. The molecular formula is C11H9ClOS. The number of Topliss-reactive ketones (excluding diaryl/α,β-unsaturated/α-hetero) is 1. The van der Waals surface area contributed by atoms with Crippen molar-refractivity contribution in [1.29, 1.82) is 0 Å². The van der Waals surface area contributed by atoms with Gasteiger partial charge in [0, 0.05) is 17.0 Å². The molecule has 72 valence electrons. The minimum absolute atomic E-state index is 0.0360. The first-order valence-electron chi connectivity index (χ1n) is 4.29. The van der Waals surface area contributed by atoms with E-state index in [1.54, 1.807) is 6.92 Å². The second-order valence-electron chi connectivity index (χ2n) is 3.30. The first-order chi connectivity index (χ1) is 6.59. The van der Waals surface area contributed by atoms with Crippen molar-refractivity contribution >= 4 is 38.8 Å². The summed E-state index contributed by atoms with van der Waals surface area (Å²) in [6, 6.07) is 6.03. The SMILES string of the molecule is CC(=O)c1sc2cc(C)ccc2c1Cl. The van der Waals surface area contributed by atoms with Crippen molar-refractivity contribution in [1.82, 2.24) is 0 Å². The normalized spacial score (nSPS) is 10.8. The van der Waals surface area contributed by atoms with Crippen LogP contribution in [0.1, 0.15) is 22.2 Å². The second kappa shape index (κ2) is 3.37. The van der Waals surface area contributed by atoms with Crippen molar-refractivity contribution in [2.45, 2.75) is 13.8 Å². The zero-order chi connectivity index (χ0) is 10.3. The molecular weight excluding hydrogens is 216 g/mol. The van der Waals surface area contributed by atoms with Gasteiger partial charge in [0.05, 0.1) is 9.90 Å². The molecule has 0 aliphatic carbocycles. The lowest BCUT2D eigenvalue weighted by Crippen LogP contribution is -1.85. The third-order valence-electron chi connectivity index (χ3n) is 2.10. The van der Waals surface area contributed by atoms with Crippen LogP contribution in [0, 0.1) is 6.92 Å². The van der Waals surface area contributed by atoms with Gasteiger partial charge in [0.25, 0.3) is 0 Å². The monoisotopic (exact) mass is 224 g/mol. The first-order valence-corrected chi connectivity index (χ1v) is 5.48. The van der Waals surface area contributed by atoms with Crippen LogP contribution in [0.3, 0.4) is 0 Å². The van der Waals surface area contributed by atoms with Crippen molar-refractivity contribution in [3.05, 3.63) is 33.7 Å². The largest absolute Gasteiger partial charge is 0.294 e. The Labute approximate surface area is 91.3 Å². The van der Waals surface area contributed by atoms with Gasteiger partial charge in [-0.25, -0.2) is 0 Å². The lowest BCUT2D eigenvalue weighted by Gasteiger charge is -1.92. The van der Waals surface area contributed by atoms with E-state index in [0.29, 0.717) is 9.90 Å². The summed E-state index contributed by atoms with van der Waals surface area (Å²) < 4.78 is 1.08. The molecule has 0 saturated carbocycles. The lowest BCUT2D eigenvalue weighted by atomic mass is 10.2. The highest BCUT2D eigenvalue weighted by atomic mass is 35.5. The predicted molar refractivity (Wildman–Crippen MR) is 61.6 cm³/mol. The van der Waals surface area contributed by atoms with Crippen LogP contribution in [0.5, 0.6) is 0 Å². The summed E-state index contributed by atoms with van der Waals surface area (Å²) in [5.41, 5.74) is 1.19. The number of fused-ring (bicyclic) bond motifs is 1. The molecule has 0 amide bonds. The van der Waals surface area contributed by atoms with E-state index in [9.17, 15) is 4.79 Å². The van der Waals surface area contributed by atoms with Gasteiger partial charge in [0.1, 0.15) is 0 Å². The maximum Gasteiger partial charge on any atom is 0.171 e. The van der Waals surface area contributed by atoms with Crippen molar-refractivity contribution in [3.8, 4) is 0 Å². The topological polar surface area (TPSA) is 17.1 Å². The molecule has 2 aromatic rings. The number of carbonyl (C=O) groups is 1. The summed E-state index contributed by atoms with van der Waals surface area (Å²) in [5.74, 6) is 0.0360. The summed E-state index contributed by atoms with van der Waals surface area (Å²) in [7, 11) is 0. The van der Waals surface area contributed by atoms with Gasteiger partial charge in [0.2, 0.25) is 0 Å². The van der Waals surface area contributed by atoms with Crippen LogP contribution in [0.2, 0.25) is 5.02 Å². The molecule has 0 N–H and O–H groups in total. The third kappa shape index (κ3) is 1.45.